The van der Waals surface area contributed by atoms with Gasteiger partial charge < -0.3 is 34.7 Å². The molecule has 0 spiro atoms. The fourth-order valence-corrected chi connectivity index (χ4v) is 4.58. The third-order valence-electron chi connectivity index (χ3n) is 6.76. The molecule has 0 aliphatic carbocycles. The van der Waals surface area contributed by atoms with Crippen molar-refractivity contribution in [2.45, 2.75) is 18.9 Å². The molecule has 0 amide bonds. The Morgan fingerprint density at radius 2 is 1.84 bits per heavy atom. The Morgan fingerprint density at radius 3 is 2.49 bits per heavy atom. The molecule has 1 aliphatic heterocycles. The van der Waals surface area contributed by atoms with Gasteiger partial charge in [-0.1, -0.05) is 12.1 Å². The van der Waals surface area contributed by atoms with Crippen LogP contribution in [0.4, 0.5) is 8.78 Å². The summed E-state index contributed by atoms with van der Waals surface area (Å²) >= 11 is 0. The number of piperidine rings is 1. The summed E-state index contributed by atoms with van der Waals surface area (Å²) in [5.41, 5.74) is 6.38. The normalized spacial score (nSPS) is 13.9. The van der Waals surface area contributed by atoms with E-state index in [2.05, 4.69) is 9.97 Å². The van der Waals surface area contributed by atoms with Crippen LogP contribution in [0, 0.1) is 17.0 Å². The van der Waals surface area contributed by atoms with Gasteiger partial charge in [-0.3, -0.25) is 15.1 Å². The van der Waals surface area contributed by atoms with Crippen LogP contribution < -0.4 is 19.9 Å². The third-order valence-corrected chi connectivity index (χ3v) is 6.76. The van der Waals surface area contributed by atoms with Gasteiger partial charge in [0.25, 0.3) is 11.8 Å². The number of likely N-dealkylation sites (tertiary alicyclic amines) is 1. The molecule has 5 N–H and O–H groups in total. The Labute approximate surface area is 244 Å². The maximum atomic E-state index is 15.8. The molecule has 14 heteroatoms. The number of aryl methyl sites for hydroxylation is 1. The zero-order valence-electron chi connectivity index (χ0n) is 23.0. The second kappa shape index (κ2) is 12.3. The lowest BCUT2D eigenvalue weighted by molar-refractivity contribution is -0.138. The summed E-state index contributed by atoms with van der Waals surface area (Å²) in [6, 6.07) is 10.4. The lowest BCUT2D eigenvalue weighted by Crippen LogP contribution is -2.40. The molecule has 12 nitrogen and oxygen atoms in total. The zero-order chi connectivity index (χ0) is 30.7. The Bertz CT molecular complexity index is 1670. The summed E-state index contributed by atoms with van der Waals surface area (Å²) in [7, 11) is 1.81. The molecule has 43 heavy (non-hydrogen) atoms. The third kappa shape index (κ3) is 6.64. The lowest BCUT2D eigenvalue weighted by Gasteiger charge is -2.31. The van der Waals surface area contributed by atoms with Crippen LogP contribution in [0.1, 0.15) is 18.4 Å². The largest absolute Gasteiger partial charge is 0.504 e. The second-order valence-electron chi connectivity index (χ2n) is 9.86. The van der Waals surface area contributed by atoms with Crippen molar-refractivity contribution in [1.29, 1.82) is 5.41 Å². The number of carboxylic acid groups (broad SMARTS) is 1. The van der Waals surface area contributed by atoms with E-state index in [1.807, 2.05) is 7.05 Å². The van der Waals surface area contributed by atoms with Gasteiger partial charge in [0.1, 0.15) is 23.5 Å². The van der Waals surface area contributed by atoms with E-state index in [0.29, 0.717) is 37.3 Å². The highest BCUT2D eigenvalue weighted by Crippen LogP contribution is 2.40. The first-order chi connectivity index (χ1) is 20.6. The van der Waals surface area contributed by atoms with Gasteiger partial charge in [-0.15, -0.1) is 0 Å². The summed E-state index contributed by atoms with van der Waals surface area (Å²) < 4.78 is 50.5. The van der Waals surface area contributed by atoms with E-state index in [4.69, 9.17) is 30.5 Å². The monoisotopic (exact) mass is 594 g/mol. The highest BCUT2D eigenvalue weighted by atomic mass is 19.1. The number of nitrogens with two attached hydrogens (primary N) is 1. The summed E-state index contributed by atoms with van der Waals surface area (Å²) in [5, 5.41) is 27.0. The number of amidine groups is 1. The van der Waals surface area contributed by atoms with Gasteiger partial charge >= 0.3 is 5.97 Å². The number of imidazole rings is 1. The number of nitrogens with one attached hydrogen (secondary N) is 1. The van der Waals surface area contributed by atoms with Gasteiger partial charge in [0.15, 0.2) is 11.5 Å². The number of hydrogen-bond donors (Lipinski definition) is 4. The van der Waals surface area contributed by atoms with Crippen LogP contribution in [0.3, 0.4) is 0 Å². The number of nitrogen functional groups attached to an aromatic ring is 1. The number of carboxylic acids is 1. The van der Waals surface area contributed by atoms with E-state index < -0.39 is 47.0 Å². The van der Waals surface area contributed by atoms with Crippen molar-refractivity contribution >= 4 is 11.8 Å². The fourth-order valence-electron chi connectivity index (χ4n) is 4.58. The Kier molecular flexibility index (Phi) is 8.39. The molecule has 0 radical (unpaired) electrons. The van der Waals surface area contributed by atoms with Crippen LogP contribution in [-0.2, 0) is 11.8 Å². The molecule has 2 aromatic heterocycles. The molecular formula is C29H28F2N6O6. The van der Waals surface area contributed by atoms with Crippen molar-refractivity contribution in [1.82, 2.24) is 19.4 Å². The molecule has 0 atom stereocenters. The number of nitrogens with zero attached hydrogens (tertiary/aromatic N) is 4. The lowest BCUT2D eigenvalue weighted by atomic mass is 10.1. The van der Waals surface area contributed by atoms with Crippen LogP contribution in [0.15, 0.2) is 54.9 Å². The number of aliphatic carboxylic acids is 1. The molecule has 2 aromatic carbocycles. The highest BCUT2D eigenvalue weighted by molar-refractivity contribution is 5.95. The molecule has 1 fully saturated rings. The van der Waals surface area contributed by atoms with Crippen molar-refractivity contribution in [2.75, 3.05) is 19.6 Å². The molecule has 0 saturated carbocycles. The van der Waals surface area contributed by atoms with E-state index in [0.717, 1.165) is 0 Å². The number of carbonyl (C=O) groups is 1. The van der Waals surface area contributed by atoms with Gasteiger partial charge in [-0.05, 0) is 43.2 Å². The van der Waals surface area contributed by atoms with E-state index in [-0.39, 0.29) is 29.4 Å². The predicted octanol–water partition coefficient (Wildman–Crippen LogP) is 4.26. The average molecular weight is 595 g/mol. The number of benzene rings is 2. The first kappa shape index (κ1) is 29.3. The van der Waals surface area contributed by atoms with Crippen molar-refractivity contribution in [3.05, 3.63) is 72.1 Å². The Morgan fingerprint density at radius 1 is 1.12 bits per heavy atom. The maximum absolute atomic E-state index is 15.8. The molecule has 1 saturated heterocycles. The average Bonchev–Trinajstić information content (AvgIpc) is 3.41. The number of pyridine rings is 1. The summed E-state index contributed by atoms with van der Waals surface area (Å²) in [4.78, 5) is 21.0. The van der Waals surface area contributed by atoms with Gasteiger partial charge in [0.2, 0.25) is 17.4 Å². The number of hydrogen-bond acceptors (Lipinski definition) is 9. The maximum Gasteiger partial charge on any atom is 0.317 e. The smallest absolute Gasteiger partial charge is 0.317 e. The minimum absolute atomic E-state index is 0.152. The quantitative estimate of drug-likeness (QED) is 0.154. The predicted molar refractivity (Wildman–Crippen MR) is 150 cm³/mol. The number of rotatable bonds is 10. The number of aromatic hydroxyl groups is 1. The van der Waals surface area contributed by atoms with E-state index in [1.54, 1.807) is 46.1 Å². The Balaban J connectivity index is 1.50. The van der Waals surface area contributed by atoms with Crippen LogP contribution in [0.2, 0.25) is 0 Å². The van der Waals surface area contributed by atoms with Gasteiger partial charge in [0.05, 0.1) is 6.54 Å². The fraction of sp³-hybridized carbons (Fsp3) is 0.241. The Hall–Kier alpha value is -5.24. The van der Waals surface area contributed by atoms with Crippen molar-refractivity contribution in [2.24, 2.45) is 12.8 Å². The minimum Gasteiger partial charge on any atom is -0.504 e. The second-order valence-corrected chi connectivity index (χ2v) is 9.86. The van der Waals surface area contributed by atoms with Crippen molar-refractivity contribution < 1.29 is 38.0 Å². The van der Waals surface area contributed by atoms with Crippen LogP contribution in [0.25, 0.3) is 11.4 Å². The van der Waals surface area contributed by atoms with Crippen LogP contribution in [0.5, 0.6) is 34.8 Å². The van der Waals surface area contributed by atoms with Crippen molar-refractivity contribution in [3.8, 4) is 46.1 Å². The summed E-state index contributed by atoms with van der Waals surface area (Å²) in [5.74, 6) is -5.94. The molecule has 4 aromatic rings. The number of aromatic nitrogens is 3. The van der Waals surface area contributed by atoms with Crippen LogP contribution in [-0.4, -0.2) is 67.2 Å². The standard InChI is InChI=1S/C29H28F2N6O6/c1-36-12-9-34-27(36)17-3-2-4-19(13-17)42-28-23(30)25(41-18-7-10-37(11-8-18)15-22(39)40)24(31)29(35-28)43-21-14-16(26(32)33)5-6-20(21)38/h2-6,9,12-14,18,38H,7-8,10-11,15H2,1H3,(H3,32,33)(H,39,40). The van der Waals surface area contributed by atoms with Gasteiger partial charge in [-0.25, -0.2) is 4.98 Å². The molecule has 0 bridgehead atoms. The minimum atomic E-state index is -1.28. The topological polar surface area (TPSA) is 169 Å². The van der Waals surface area contributed by atoms with Gasteiger partial charge in [0, 0.05) is 43.7 Å². The first-order valence-corrected chi connectivity index (χ1v) is 13.2. The number of phenolic OH excluding ortho intramolecular Hbond substituents is 1. The van der Waals surface area contributed by atoms with Crippen LogP contribution >= 0.6 is 0 Å². The first-order valence-electron chi connectivity index (χ1n) is 13.2. The summed E-state index contributed by atoms with van der Waals surface area (Å²) in [6.45, 7) is 0.550. The number of phenols is 1. The SMILES string of the molecule is Cn1ccnc1-c1cccc(Oc2nc(Oc3cc(C(=N)N)ccc3O)c(F)c(OC3CCN(CC(=O)O)CC3)c2F)c1. The van der Waals surface area contributed by atoms with Gasteiger partial charge in [-0.2, -0.15) is 13.8 Å². The molecule has 0 unspecified atom stereocenters. The number of halogens is 2. The van der Waals surface area contributed by atoms with Crippen molar-refractivity contribution in [3.63, 3.8) is 0 Å². The zero-order valence-corrected chi connectivity index (χ0v) is 23.0. The van der Waals surface area contributed by atoms with E-state index >= 15 is 8.78 Å². The van der Waals surface area contributed by atoms with E-state index in [1.165, 1.54) is 18.2 Å². The van der Waals surface area contributed by atoms with E-state index in [9.17, 15) is 9.90 Å². The number of ether oxygens (including phenoxy) is 3. The molecule has 3 heterocycles. The highest BCUT2D eigenvalue weighted by Gasteiger charge is 2.30. The molecule has 1 aliphatic rings. The summed E-state index contributed by atoms with van der Waals surface area (Å²) in [6.07, 6.45) is 3.38. The molecule has 224 valence electrons. The molecule has 5 rings (SSSR count). The molecular weight excluding hydrogens is 566 g/mol.